The van der Waals surface area contributed by atoms with Crippen LogP contribution in [0.15, 0.2) is 127 Å². The molecule has 10 rings (SSSR count). The van der Waals surface area contributed by atoms with E-state index in [0.717, 1.165) is 27.4 Å². The van der Waals surface area contributed by atoms with Gasteiger partial charge in [-0.25, -0.2) is 9.97 Å². The molecule has 0 bridgehead atoms. The van der Waals surface area contributed by atoms with E-state index in [1.165, 1.54) is 52.8 Å². The zero-order valence-electron chi connectivity index (χ0n) is 22.9. The second-order valence-corrected chi connectivity index (χ2v) is 13.4. The highest BCUT2D eigenvalue weighted by Gasteiger charge is 2.39. The van der Waals surface area contributed by atoms with Crippen molar-refractivity contribution in [3.63, 3.8) is 0 Å². The third-order valence-corrected chi connectivity index (χ3v) is 11.3. The third-order valence-electron chi connectivity index (χ3n) is 9.00. The lowest BCUT2D eigenvalue weighted by Crippen LogP contribution is -2.18. The van der Waals surface area contributed by atoms with Gasteiger partial charge in [-0.3, -0.25) is 4.57 Å². The highest BCUT2D eigenvalue weighted by atomic mass is 32.1. The van der Waals surface area contributed by atoms with E-state index in [2.05, 4.69) is 126 Å². The van der Waals surface area contributed by atoms with Gasteiger partial charge < -0.3 is 0 Å². The van der Waals surface area contributed by atoms with Crippen molar-refractivity contribution in [2.24, 2.45) is 0 Å². The Morgan fingerprint density at radius 3 is 2.09 bits per heavy atom. The number of thiophene rings is 2. The molecule has 5 heteroatoms. The van der Waals surface area contributed by atoms with Crippen LogP contribution < -0.4 is 0 Å². The number of aromatic nitrogens is 3. The van der Waals surface area contributed by atoms with Crippen LogP contribution in [0, 0.1) is 0 Å². The van der Waals surface area contributed by atoms with Crippen LogP contribution in [0.3, 0.4) is 0 Å². The van der Waals surface area contributed by atoms with Crippen LogP contribution in [0.2, 0.25) is 0 Å². The lowest BCUT2D eigenvalue weighted by molar-refractivity contribution is 0.695. The predicted octanol–water partition coefficient (Wildman–Crippen LogP) is 10.6. The Labute approximate surface area is 255 Å². The molecule has 43 heavy (non-hydrogen) atoms. The first-order chi connectivity index (χ1) is 21.3. The zero-order chi connectivity index (χ0) is 28.1. The molecule has 0 N–H and O–H groups in total. The molecule has 8 aromatic rings. The first kappa shape index (κ1) is 23.7. The number of rotatable bonds is 2. The molecule has 202 valence electrons. The Morgan fingerprint density at radius 1 is 0.581 bits per heavy atom. The van der Waals surface area contributed by atoms with Crippen molar-refractivity contribution in [2.75, 3.05) is 0 Å². The molecular formula is C38H23N3S2. The molecule has 0 fully saturated rings. The number of benzene rings is 4. The van der Waals surface area contributed by atoms with E-state index >= 15 is 0 Å². The maximum Gasteiger partial charge on any atom is 0.163 e. The quantitative estimate of drug-likeness (QED) is 0.202. The fourth-order valence-electron chi connectivity index (χ4n) is 7.22. The van der Waals surface area contributed by atoms with Gasteiger partial charge in [-0.15, -0.1) is 22.7 Å². The number of fused-ring (bicyclic) bond motifs is 13. The summed E-state index contributed by atoms with van der Waals surface area (Å²) >= 11 is 3.70. The number of para-hydroxylation sites is 1. The number of hydrogen-bond acceptors (Lipinski definition) is 4. The normalized spacial score (nSPS) is 17.1. The van der Waals surface area contributed by atoms with Gasteiger partial charge in [0, 0.05) is 64.7 Å². The highest BCUT2D eigenvalue weighted by Crippen LogP contribution is 2.58. The first-order valence-corrected chi connectivity index (χ1v) is 16.2. The molecule has 4 aromatic carbocycles. The lowest BCUT2D eigenvalue weighted by atomic mass is 9.75. The van der Waals surface area contributed by atoms with E-state index < -0.39 is 0 Å². The van der Waals surface area contributed by atoms with Gasteiger partial charge in [0.25, 0.3) is 0 Å². The summed E-state index contributed by atoms with van der Waals surface area (Å²) in [4.78, 5) is 13.1. The number of hydrogen-bond donors (Lipinski definition) is 0. The maximum atomic E-state index is 5.46. The summed E-state index contributed by atoms with van der Waals surface area (Å²) in [5, 5.41) is 4.94. The highest BCUT2D eigenvalue weighted by molar-refractivity contribution is 7.25. The predicted molar refractivity (Wildman–Crippen MR) is 182 cm³/mol. The van der Waals surface area contributed by atoms with Crippen molar-refractivity contribution in [1.82, 2.24) is 14.5 Å². The van der Waals surface area contributed by atoms with Crippen LogP contribution in [0.4, 0.5) is 0 Å². The van der Waals surface area contributed by atoms with Crippen molar-refractivity contribution in [3.8, 4) is 28.3 Å². The third kappa shape index (κ3) is 3.24. The molecule has 2 aliphatic carbocycles. The standard InChI is InChI=1S/C38H23N3S2/c1-2-12-22(13-3-1)36-39-37(33-27-18-8-11-21-30(27)43-38(33)40-36)41-28-19-9-6-16-25(28)31-32-26-17-7-10-20-29(26)42-35(32)24-15-5-4-14-23(24)34(31)41/h1-21,23-24H. The fourth-order valence-corrected chi connectivity index (χ4v) is 9.63. The topological polar surface area (TPSA) is 30.7 Å². The zero-order valence-corrected chi connectivity index (χ0v) is 24.6. The second-order valence-electron chi connectivity index (χ2n) is 11.3. The number of allylic oxidation sites excluding steroid dienone is 4. The largest absolute Gasteiger partial charge is 0.296 e. The lowest BCUT2D eigenvalue weighted by Gasteiger charge is -2.31. The summed E-state index contributed by atoms with van der Waals surface area (Å²) in [5.41, 5.74) is 6.26. The van der Waals surface area contributed by atoms with Gasteiger partial charge in [-0.05, 0) is 18.2 Å². The number of nitrogens with zero attached hydrogens (tertiary/aromatic N) is 3. The van der Waals surface area contributed by atoms with Gasteiger partial charge in [0.2, 0.25) is 0 Å². The van der Waals surface area contributed by atoms with Gasteiger partial charge in [0.1, 0.15) is 4.83 Å². The molecular weight excluding hydrogens is 563 g/mol. The summed E-state index contributed by atoms with van der Waals surface area (Å²) < 4.78 is 5.06. The van der Waals surface area contributed by atoms with E-state index in [-0.39, 0.29) is 11.8 Å². The molecule has 2 unspecified atom stereocenters. The van der Waals surface area contributed by atoms with Gasteiger partial charge in [0.05, 0.1) is 10.9 Å². The first-order valence-electron chi connectivity index (χ1n) is 14.6. The van der Waals surface area contributed by atoms with Gasteiger partial charge in [0.15, 0.2) is 11.6 Å². The van der Waals surface area contributed by atoms with Gasteiger partial charge >= 0.3 is 0 Å². The van der Waals surface area contributed by atoms with Gasteiger partial charge in [-0.1, -0.05) is 109 Å². The fraction of sp³-hybridized carbons (Fsp3) is 0.0526. The monoisotopic (exact) mass is 585 g/mol. The second kappa shape index (κ2) is 8.83. The molecule has 0 radical (unpaired) electrons. The molecule has 3 nitrogen and oxygen atoms in total. The molecule has 0 aliphatic heterocycles. The molecule has 4 heterocycles. The smallest absolute Gasteiger partial charge is 0.163 e. The molecule has 0 amide bonds. The molecule has 2 atom stereocenters. The molecule has 0 spiro atoms. The molecule has 4 aromatic heterocycles. The molecule has 0 saturated carbocycles. The minimum Gasteiger partial charge on any atom is -0.296 e. The van der Waals surface area contributed by atoms with Crippen LogP contribution in [0.5, 0.6) is 0 Å². The Balaban J connectivity index is 1.41. The summed E-state index contributed by atoms with van der Waals surface area (Å²) in [5.74, 6) is 2.19. The van der Waals surface area contributed by atoms with Crippen molar-refractivity contribution in [2.45, 2.75) is 11.8 Å². The van der Waals surface area contributed by atoms with Crippen LogP contribution in [0.25, 0.3) is 69.6 Å². The Hall–Kier alpha value is -4.84. The van der Waals surface area contributed by atoms with Crippen molar-refractivity contribution < 1.29 is 0 Å². The summed E-state index contributed by atoms with van der Waals surface area (Å²) in [6.45, 7) is 0. The summed E-state index contributed by atoms with van der Waals surface area (Å²) in [6.07, 6.45) is 9.23. The summed E-state index contributed by atoms with van der Waals surface area (Å²) in [6, 6.07) is 36.8. The average Bonchev–Trinajstić information content (AvgIpc) is 3.75. The summed E-state index contributed by atoms with van der Waals surface area (Å²) in [7, 11) is 0. The Kier molecular flexibility index (Phi) is 4.87. The van der Waals surface area contributed by atoms with Crippen molar-refractivity contribution in [1.29, 1.82) is 0 Å². The molecule has 2 aliphatic rings. The minimum absolute atomic E-state index is 0.197. The van der Waals surface area contributed by atoms with Crippen molar-refractivity contribution >= 4 is 64.0 Å². The minimum atomic E-state index is 0.197. The Morgan fingerprint density at radius 2 is 1.26 bits per heavy atom. The van der Waals surface area contributed by atoms with Crippen LogP contribution in [0.1, 0.15) is 22.4 Å². The average molecular weight is 586 g/mol. The maximum absolute atomic E-state index is 5.46. The molecule has 0 saturated heterocycles. The van der Waals surface area contributed by atoms with Crippen molar-refractivity contribution in [3.05, 3.63) is 138 Å². The van der Waals surface area contributed by atoms with E-state index in [1.54, 1.807) is 11.3 Å². The van der Waals surface area contributed by atoms with E-state index in [9.17, 15) is 0 Å². The van der Waals surface area contributed by atoms with Crippen LogP contribution in [-0.4, -0.2) is 14.5 Å². The van der Waals surface area contributed by atoms with E-state index in [4.69, 9.17) is 9.97 Å². The van der Waals surface area contributed by atoms with Crippen LogP contribution >= 0.6 is 22.7 Å². The Bertz CT molecular complexity index is 2470. The van der Waals surface area contributed by atoms with E-state index in [0.29, 0.717) is 0 Å². The van der Waals surface area contributed by atoms with Crippen LogP contribution in [-0.2, 0) is 0 Å². The van der Waals surface area contributed by atoms with Gasteiger partial charge in [-0.2, -0.15) is 0 Å². The van der Waals surface area contributed by atoms with E-state index in [1.807, 2.05) is 17.4 Å². The SMILES string of the molecule is C1=CC2c3sc4ccccc4c3-c3c(n(-c4nc(-c5ccccc5)nc5sc6ccccc6c45)c4ccccc34)C2C=C1.